The number of carbonyl (C=O) groups excluding carboxylic acids is 2. The van der Waals surface area contributed by atoms with Crippen molar-refractivity contribution in [2.24, 2.45) is 11.7 Å². The third-order valence-electron chi connectivity index (χ3n) is 6.46. The lowest BCUT2D eigenvalue weighted by atomic mass is 9.90. The molecule has 3 rings (SSSR count). The molecular formula is C29H41FN8O4. The second-order valence-corrected chi connectivity index (χ2v) is 11.0. The molecule has 2 atom stereocenters. The van der Waals surface area contributed by atoms with Gasteiger partial charge in [-0.3, -0.25) is 4.79 Å². The minimum atomic E-state index is -0.823. The lowest BCUT2D eigenvalue weighted by molar-refractivity contribution is 0.0487. The van der Waals surface area contributed by atoms with E-state index >= 15 is 4.39 Å². The molecule has 0 saturated heterocycles. The van der Waals surface area contributed by atoms with Crippen molar-refractivity contribution in [1.29, 1.82) is 0 Å². The quantitative estimate of drug-likeness (QED) is 0.235. The molecule has 0 radical (unpaired) electrons. The van der Waals surface area contributed by atoms with E-state index in [-0.39, 0.29) is 29.0 Å². The smallest absolute Gasteiger partial charge is 0.407 e. The van der Waals surface area contributed by atoms with Gasteiger partial charge in [0.25, 0.3) is 5.91 Å². The highest BCUT2D eigenvalue weighted by atomic mass is 19.1. The highest BCUT2D eigenvalue weighted by molar-refractivity contribution is 5.98. The van der Waals surface area contributed by atoms with E-state index in [4.69, 9.17) is 15.2 Å². The van der Waals surface area contributed by atoms with Crippen LogP contribution >= 0.6 is 0 Å². The Bertz CT molecular complexity index is 1340. The van der Waals surface area contributed by atoms with Gasteiger partial charge >= 0.3 is 6.09 Å². The second-order valence-electron chi connectivity index (χ2n) is 11.0. The first kappa shape index (κ1) is 32.2. The molecule has 0 aromatic carbocycles. The number of anilines is 2. The van der Waals surface area contributed by atoms with E-state index < -0.39 is 23.4 Å². The molecular weight excluding hydrogens is 543 g/mol. The van der Waals surface area contributed by atoms with Crippen molar-refractivity contribution in [3.63, 3.8) is 0 Å². The van der Waals surface area contributed by atoms with Gasteiger partial charge in [0.05, 0.1) is 42.1 Å². The molecule has 0 aliphatic heterocycles. The summed E-state index contributed by atoms with van der Waals surface area (Å²) in [6, 6.07) is 2.68. The van der Waals surface area contributed by atoms with Crippen molar-refractivity contribution in [3.8, 4) is 11.6 Å². The summed E-state index contributed by atoms with van der Waals surface area (Å²) < 4.78 is 27.5. The van der Waals surface area contributed by atoms with Crippen LogP contribution in [0.25, 0.3) is 5.69 Å². The lowest BCUT2D eigenvalue weighted by Crippen LogP contribution is -2.41. The number of nitrogens with one attached hydrogen (secondary N) is 2. The number of rotatable bonds is 14. The maximum atomic E-state index is 15.1. The zero-order valence-corrected chi connectivity index (χ0v) is 25.1. The number of nitrogens with two attached hydrogens (primary N) is 1. The number of primary amides is 1. The molecule has 2 amide bonds. The summed E-state index contributed by atoms with van der Waals surface area (Å²) in [5, 5.41) is 13.8. The Morgan fingerprint density at radius 3 is 2.57 bits per heavy atom. The molecule has 4 N–H and O–H groups in total. The van der Waals surface area contributed by atoms with Crippen LogP contribution in [0.4, 0.5) is 20.7 Å². The summed E-state index contributed by atoms with van der Waals surface area (Å²) in [5.74, 6) is -0.823. The molecule has 0 fully saturated rings. The topological polar surface area (TPSA) is 159 Å². The molecule has 3 aromatic heterocycles. The Morgan fingerprint density at radius 1 is 1.19 bits per heavy atom. The van der Waals surface area contributed by atoms with Gasteiger partial charge < -0.3 is 25.8 Å². The van der Waals surface area contributed by atoms with Crippen LogP contribution in [0.1, 0.15) is 83.3 Å². The fourth-order valence-electron chi connectivity index (χ4n) is 4.54. The van der Waals surface area contributed by atoms with Crippen LogP contribution in [0.15, 0.2) is 30.7 Å². The Labute approximate surface area is 245 Å². The lowest BCUT2D eigenvalue weighted by Gasteiger charge is -2.27. The summed E-state index contributed by atoms with van der Waals surface area (Å²) in [4.78, 5) is 33.2. The fourth-order valence-corrected chi connectivity index (χ4v) is 4.54. The number of pyridine rings is 2. The molecule has 0 unspecified atom stereocenters. The van der Waals surface area contributed by atoms with Crippen molar-refractivity contribution in [3.05, 3.63) is 47.8 Å². The van der Waals surface area contributed by atoms with E-state index in [1.165, 1.54) is 17.1 Å². The monoisotopic (exact) mass is 584 g/mol. The van der Waals surface area contributed by atoms with Crippen LogP contribution in [-0.4, -0.2) is 55.2 Å². The number of hydrogen-bond donors (Lipinski definition) is 3. The minimum Gasteiger partial charge on any atom is -0.476 e. The number of aromatic nitrogens is 5. The largest absolute Gasteiger partial charge is 0.476 e. The van der Waals surface area contributed by atoms with E-state index in [1.807, 2.05) is 34.6 Å². The number of hydrogen-bond acceptors (Lipinski definition) is 9. The van der Waals surface area contributed by atoms with Gasteiger partial charge in [0, 0.05) is 6.04 Å². The van der Waals surface area contributed by atoms with E-state index in [0.29, 0.717) is 36.7 Å². The van der Waals surface area contributed by atoms with Gasteiger partial charge in [-0.05, 0) is 78.4 Å². The molecule has 228 valence electrons. The van der Waals surface area contributed by atoms with Crippen molar-refractivity contribution in [2.75, 3.05) is 11.9 Å². The summed E-state index contributed by atoms with van der Waals surface area (Å²) in [7, 11) is 0. The van der Waals surface area contributed by atoms with Gasteiger partial charge in [-0.15, -0.1) is 5.10 Å². The Balaban J connectivity index is 1.77. The van der Waals surface area contributed by atoms with Crippen LogP contribution in [0.3, 0.4) is 0 Å². The number of alkyl carbamates (subject to hydrolysis) is 1. The van der Waals surface area contributed by atoms with E-state index in [0.717, 1.165) is 25.3 Å². The van der Waals surface area contributed by atoms with E-state index in [9.17, 15) is 9.59 Å². The predicted octanol–water partition coefficient (Wildman–Crippen LogP) is 5.09. The Morgan fingerprint density at radius 2 is 1.95 bits per heavy atom. The third kappa shape index (κ3) is 9.11. The maximum Gasteiger partial charge on any atom is 0.407 e. The van der Waals surface area contributed by atoms with Crippen LogP contribution in [0, 0.1) is 11.7 Å². The second kappa shape index (κ2) is 14.6. The highest BCUT2D eigenvalue weighted by Gasteiger charge is 2.23. The Hall–Kier alpha value is -4.29. The number of ether oxygens (including phenoxy) is 2. The normalized spacial score (nSPS) is 12.8. The fraction of sp³-hybridized carbons (Fsp3) is 0.517. The van der Waals surface area contributed by atoms with Gasteiger partial charge in [0.15, 0.2) is 0 Å². The molecule has 3 aromatic rings. The van der Waals surface area contributed by atoms with E-state index in [1.54, 1.807) is 12.3 Å². The predicted molar refractivity (Wildman–Crippen MR) is 156 cm³/mol. The molecule has 0 aliphatic rings. The molecule has 0 saturated carbocycles. The van der Waals surface area contributed by atoms with E-state index in [2.05, 4.69) is 37.8 Å². The standard InChI is InChI=1S/C29H41FN8O4/c1-7-10-19(18(3)34-28(40)42-29(4,5)6)11-9-12-23-22(30)16-21(25(31)39)26(36-23)35-20-15-24(38-14-13-33-37-38)27(32-17-20)41-8-2/h13-19H,7-12H2,1-6H3,(H2,31,39)(H,34,40)(H,35,36)/t18-,19-/m0/s1. The highest BCUT2D eigenvalue weighted by Crippen LogP contribution is 2.28. The summed E-state index contributed by atoms with van der Waals surface area (Å²) in [6.07, 6.45) is 7.71. The zero-order valence-electron chi connectivity index (χ0n) is 25.1. The maximum absolute atomic E-state index is 15.1. The molecule has 13 heteroatoms. The van der Waals surface area contributed by atoms with Crippen molar-refractivity contribution in [1.82, 2.24) is 30.3 Å². The van der Waals surface area contributed by atoms with Crippen LogP contribution in [-0.2, 0) is 11.2 Å². The minimum absolute atomic E-state index is 0.0912. The average molecular weight is 585 g/mol. The number of nitrogens with zero attached hydrogens (tertiary/aromatic N) is 5. The van der Waals surface area contributed by atoms with Gasteiger partial charge in [0.1, 0.15) is 22.9 Å². The SMILES string of the molecule is CCC[C@@H](CCCc1nc(Nc2cnc(OCC)c(-n3ccnn3)c2)c(C(N)=O)cc1F)[C@H](C)NC(=O)OC(C)(C)C. The molecule has 0 spiro atoms. The first-order valence-electron chi connectivity index (χ1n) is 14.2. The van der Waals surface area contributed by atoms with Gasteiger partial charge in [-0.25, -0.2) is 23.8 Å². The van der Waals surface area contributed by atoms with Crippen molar-refractivity contribution >= 4 is 23.5 Å². The Kier molecular flexibility index (Phi) is 11.2. The van der Waals surface area contributed by atoms with Crippen LogP contribution in [0.5, 0.6) is 5.88 Å². The number of carbonyl (C=O) groups is 2. The third-order valence-corrected chi connectivity index (χ3v) is 6.46. The summed E-state index contributed by atoms with van der Waals surface area (Å²) in [6.45, 7) is 11.7. The molecule has 3 heterocycles. The van der Waals surface area contributed by atoms with Crippen molar-refractivity contribution < 1.29 is 23.5 Å². The first-order valence-corrected chi connectivity index (χ1v) is 14.2. The van der Waals surface area contributed by atoms with Crippen molar-refractivity contribution in [2.45, 2.75) is 85.3 Å². The molecule has 42 heavy (non-hydrogen) atoms. The first-order chi connectivity index (χ1) is 19.9. The molecule has 12 nitrogen and oxygen atoms in total. The number of aryl methyl sites for hydroxylation is 1. The van der Waals surface area contributed by atoms with Crippen LogP contribution in [0.2, 0.25) is 0 Å². The van der Waals surface area contributed by atoms with Gasteiger partial charge in [-0.1, -0.05) is 18.6 Å². The zero-order chi connectivity index (χ0) is 30.9. The molecule has 0 aliphatic carbocycles. The van der Waals surface area contributed by atoms with Gasteiger partial charge in [-0.2, -0.15) is 0 Å². The van der Waals surface area contributed by atoms with Crippen LogP contribution < -0.4 is 21.1 Å². The average Bonchev–Trinajstić information content (AvgIpc) is 3.44. The number of halogens is 1. The van der Waals surface area contributed by atoms with Gasteiger partial charge in [0.2, 0.25) is 5.88 Å². The number of amides is 2. The molecule has 0 bridgehead atoms. The summed E-state index contributed by atoms with van der Waals surface area (Å²) in [5.41, 5.74) is 6.04. The summed E-state index contributed by atoms with van der Waals surface area (Å²) >= 11 is 0.